The Kier molecular flexibility index (Phi) is 5.21. The van der Waals surface area contributed by atoms with Crippen molar-refractivity contribution in [2.45, 2.75) is 12.2 Å². The Morgan fingerprint density at radius 1 is 1.00 bits per heavy atom. The highest BCUT2D eigenvalue weighted by atomic mass is 16.5. The number of ketones is 1. The molecule has 3 rings (SSSR count). The van der Waals surface area contributed by atoms with Gasteiger partial charge >= 0.3 is 0 Å². The Morgan fingerprint density at radius 3 is 2.20 bits per heavy atom. The lowest BCUT2D eigenvalue weighted by Crippen LogP contribution is -2.34. The minimum atomic E-state index is -0.326. The van der Waals surface area contributed by atoms with Gasteiger partial charge in [0.25, 0.3) is 0 Å². The summed E-state index contributed by atoms with van der Waals surface area (Å²) in [5.41, 5.74) is 1.62. The molecule has 0 radical (unpaired) electrons. The molecule has 2 N–H and O–H groups in total. The molecule has 2 aromatic carbocycles. The van der Waals surface area contributed by atoms with Gasteiger partial charge in [-0.05, 0) is 17.7 Å². The molecule has 132 valence electrons. The number of Topliss-reactive ketones (excluding diaryl/α,β-unsaturated/α-hetero) is 1. The van der Waals surface area contributed by atoms with Gasteiger partial charge in [-0.25, -0.2) is 0 Å². The normalized spacial score (nSPS) is 19.5. The summed E-state index contributed by atoms with van der Waals surface area (Å²) >= 11 is 0. The molecule has 1 heterocycles. The first-order chi connectivity index (χ1) is 12.2. The van der Waals surface area contributed by atoms with E-state index in [0.29, 0.717) is 29.4 Å². The SMILES string of the molecule is COc1cc(C(=O)C2CNC(c3ccccc3)N2)cc(OC)c1OC. The minimum absolute atomic E-state index is 0.0230. The van der Waals surface area contributed by atoms with Gasteiger partial charge in [0.05, 0.1) is 33.5 Å². The molecule has 0 saturated carbocycles. The Balaban J connectivity index is 1.82. The second-order valence-electron chi connectivity index (χ2n) is 5.75. The van der Waals surface area contributed by atoms with Gasteiger partial charge in [0, 0.05) is 12.1 Å². The van der Waals surface area contributed by atoms with Crippen LogP contribution in [0.4, 0.5) is 0 Å². The zero-order valence-electron chi connectivity index (χ0n) is 14.5. The van der Waals surface area contributed by atoms with Crippen molar-refractivity contribution >= 4 is 5.78 Å². The summed E-state index contributed by atoms with van der Waals surface area (Å²) < 4.78 is 16.0. The maximum atomic E-state index is 12.9. The Morgan fingerprint density at radius 2 is 1.64 bits per heavy atom. The van der Waals surface area contributed by atoms with Gasteiger partial charge in [-0.3, -0.25) is 15.4 Å². The summed E-state index contributed by atoms with van der Waals surface area (Å²) in [6, 6.07) is 13.0. The number of rotatable bonds is 6. The highest BCUT2D eigenvalue weighted by Crippen LogP contribution is 2.38. The number of nitrogens with one attached hydrogen (secondary N) is 2. The van der Waals surface area contributed by atoms with E-state index in [0.717, 1.165) is 5.56 Å². The van der Waals surface area contributed by atoms with Crippen LogP contribution in [0.25, 0.3) is 0 Å². The average molecular weight is 342 g/mol. The quantitative estimate of drug-likeness (QED) is 0.784. The Labute approximate surface area is 147 Å². The zero-order valence-corrected chi connectivity index (χ0v) is 14.5. The van der Waals surface area contributed by atoms with Crippen LogP contribution in [0, 0.1) is 0 Å². The smallest absolute Gasteiger partial charge is 0.203 e. The molecule has 1 saturated heterocycles. The van der Waals surface area contributed by atoms with E-state index in [1.807, 2.05) is 30.3 Å². The number of ether oxygens (including phenoxy) is 3. The highest BCUT2D eigenvalue weighted by Gasteiger charge is 2.31. The molecule has 1 fully saturated rings. The number of carbonyl (C=O) groups excluding carboxylic acids is 1. The maximum Gasteiger partial charge on any atom is 0.203 e. The number of hydrogen-bond donors (Lipinski definition) is 2. The van der Waals surface area contributed by atoms with Crippen LogP contribution in [0.3, 0.4) is 0 Å². The van der Waals surface area contributed by atoms with Gasteiger partial charge in [-0.1, -0.05) is 30.3 Å². The molecule has 25 heavy (non-hydrogen) atoms. The van der Waals surface area contributed by atoms with E-state index in [4.69, 9.17) is 14.2 Å². The van der Waals surface area contributed by atoms with E-state index in [1.54, 1.807) is 12.1 Å². The molecule has 0 spiro atoms. The lowest BCUT2D eigenvalue weighted by atomic mass is 10.0. The molecule has 0 aliphatic carbocycles. The number of methoxy groups -OCH3 is 3. The van der Waals surface area contributed by atoms with Crippen molar-refractivity contribution in [1.29, 1.82) is 0 Å². The second kappa shape index (κ2) is 7.55. The van der Waals surface area contributed by atoms with Crippen molar-refractivity contribution in [3.63, 3.8) is 0 Å². The first-order valence-corrected chi connectivity index (χ1v) is 8.06. The van der Waals surface area contributed by atoms with Gasteiger partial charge in [-0.15, -0.1) is 0 Å². The van der Waals surface area contributed by atoms with Crippen molar-refractivity contribution in [1.82, 2.24) is 10.6 Å². The number of benzene rings is 2. The monoisotopic (exact) mass is 342 g/mol. The molecule has 0 aromatic heterocycles. The van der Waals surface area contributed by atoms with Gasteiger partial charge < -0.3 is 14.2 Å². The summed E-state index contributed by atoms with van der Waals surface area (Å²) in [6.07, 6.45) is -0.0443. The largest absolute Gasteiger partial charge is 0.493 e. The van der Waals surface area contributed by atoms with E-state index in [2.05, 4.69) is 10.6 Å². The van der Waals surface area contributed by atoms with Crippen LogP contribution in [0.1, 0.15) is 22.1 Å². The molecule has 2 unspecified atom stereocenters. The molecular weight excluding hydrogens is 320 g/mol. The third kappa shape index (κ3) is 3.45. The fourth-order valence-electron chi connectivity index (χ4n) is 3.01. The number of carbonyl (C=O) groups is 1. The third-order valence-electron chi connectivity index (χ3n) is 4.29. The first-order valence-electron chi connectivity index (χ1n) is 8.06. The second-order valence-corrected chi connectivity index (χ2v) is 5.75. The van der Waals surface area contributed by atoms with E-state index < -0.39 is 0 Å². The van der Waals surface area contributed by atoms with Crippen molar-refractivity contribution in [2.24, 2.45) is 0 Å². The maximum absolute atomic E-state index is 12.9. The lowest BCUT2D eigenvalue weighted by Gasteiger charge is -2.16. The highest BCUT2D eigenvalue weighted by molar-refractivity contribution is 6.01. The van der Waals surface area contributed by atoms with Crippen molar-refractivity contribution in [3.05, 3.63) is 53.6 Å². The fraction of sp³-hybridized carbons (Fsp3) is 0.316. The molecule has 0 bridgehead atoms. The standard InChI is InChI=1S/C19H22N2O4/c1-23-15-9-13(10-16(24-2)18(15)25-3)17(22)14-11-20-19(21-14)12-7-5-4-6-8-12/h4-10,14,19-21H,11H2,1-3H3. The van der Waals surface area contributed by atoms with E-state index >= 15 is 0 Å². The first kappa shape index (κ1) is 17.3. The summed E-state index contributed by atoms with van der Waals surface area (Å²) in [5.74, 6) is 1.39. The Hall–Kier alpha value is -2.57. The predicted molar refractivity (Wildman–Crippen MR) is 94.5 cm³/mol. The lowest BCUT2D eigenvalue weighted by molar-refractivity contribution is 0.0954. The van der Waals surface area contributed by atoms with Crippen molar-refractivity contribution < 1.29 is 19.0 Å². The van der Waals surface area contributed by atoms with Crippen LogP contribution >= 0.6 is 0 Å². The third-order valence-corrected chi connectivity index (χ3v) is 4.29. The van der Waals surface area contributed by atoms with Crippen LogP contribution in [-0.2, 0) is 0 Å². The zero-order chi connectivity index (χ0) is 17.8. The van der Waals surface area contributed by atoms with Crippen LogP contribution in [0.2, 0.25) is 0 Å². The summed E-state index contributed by atoms with van der Waals surface area (Å²) in [4.78, 5) is 12.9. The Bertz CT molecular complexity index is 723. The molecule has 1 aliphatic rings. The van der Waals surface area contributed by atoms with Crippen LogP contribution < -0.4 is 24.8 Å². The molecule has 2 aromatic rings. The molecule has 6 heteroatoms. The van der Waals surface area contributed by atoms with E-state index in [-0.39, 0.29) is 18.0 Å². The summed E-state index contributed by atoms with van der Waals surface area (Å²) in [7, 11) is 4.60. The van der Waals surface area contributed by atoms with Crippen LogP contribution in [-0.4, -0.2) is 39.7 Å². The van der Waals surface area contributed by atoms with E-state index in [9.17, 15) is 4.79 Å². The van der Waals surface area contributed by atoms with Gasteiger partial charge in [-0.2, -0.15) is 0 Å². The summed E-state index contributed by atoms with van der Waals surface area (Å²) in [6.45, 7) is 0.551. The molecule has 2 atom stereocenters. The molecule has 6 nitrogen and oxygen atoms in total. The molecule has 1 aliphatic heterocycles. The van der Waals surface area contributed by atoms with Gasteiger partial charge in [0.1, 0.15) is 0 Å². The van der Waals surface area contributed by atoms with Crippen molar-refractivity contribution in [3.8, 4) is 17.2 Å². The summed E-state index contributed by atoms with van der Waals surface area (Å²) in [5, 5.41) is 6.67. The number of hydrogen-bond acceptors (Lipinski definition) is 6. The van der Waals surface area contributed by atoms with Crippen molar-refractivity contribution in [2.75, 3.05) is 27.9 Å². The minimum Gasteiger partial charge on any atom is -0.493 e. The fourth-order valence-corrected chi connectivity index (χ4v) is 3.01. The topological polar surface area (TPSA) is 68.8 Å². The van der Waals surface area contributed by atoms with Crippen LogP contribution in [0.15, 0.2) is 42.5 Å². The molecule has 0 amide bonds. The predicted octanol–water partition coefficient (Wildman–Crippen LogP) is 2.16. The molecular formula is C19H22N2O4. The average Bonchev–Trinajstić information content (AvgIpc) is 3.17. The van der Waals surface area contributed by atoms with E-state index in [1.165, 1.54) is 21.3 Å². The van der Waals surface area contributed by atoms with Gasteiger partial charge in [0.2, 0.25) is 5.75 Å². The van der Waals surface area contributed by atoms with Gasteiger partial charge in [0.15, 0.2) is 17.3 Å². The van der Waals surface area contributed by atoms with Crippen LogP contribution in [0.5, 0.6) is 17.2 Å².